The quantitative estimate of drug-likeness (QED) is 0.857. The smallest absolute Gasteiger partial charge is 0.165 e. The molecule has 1 N–H and O–H groups in total. The molecule has 0 saturated carbocycles. The third-order valence-corrected chi connectivity index (χ3v) is 2.33. The minimum atomic E-state index is -0.0685. The van der Waals surface area contributed by atoms with E-state index in [0.717, 1.165) is 13.0 Å². The van der Waals surface area contributed by atoms with E-state index in [1.807, 2.05) is 10.9 Å². The lowest BCUT2D eigenvalue weighted by atomic mass is 10.2. The predicted octanol–water partition coefficient (Wildman–Crippen LogP) is 1.97. The molecule has 0 saturated heterocycles. The summed E-state index contributed by atoms with van der Waals surface area (Å²) in [4.78, 5) is 3.97. The fourth-order valence-electron chi connectivity index (χ4n) is 1.51. The van der Waals surface area contributed by atoms with Gasteiger partial charge in [0.15, 0.2) is 11.5 Å². The van der Waals surface area contributed by atoms with Gasteiger partial charge in [-0.3, -0.25) is 9.67 Å². The van der Waals surface area contributed by atoms with Crippen molar-refractivity contribution in [3.05, 3.63) is 36.4 Å². The summed E-state index contributed by atoms with van der Waals surface area (Å²) in [6, 6.07) is 1.73. The summed E-state index contributed by atoms with van der Waals surface area (Å²) in [5.41, 5.74) is 0.711. The molecule has 90 valence electrons. The number of rotatable bonds is 5. The van der Waals surface area contributed by atoms with Crippen LogP contribution in [0.25, 0.3) is 0 Å². The van der Waals surface area contributed by atoms with Gasteiger partial charge in [-0.1, -0.05) is 6.92 Å². The maximum atomic E-state index is 9.16. The van der Waals surface area contributed by atoms with Gasteiger partial charge in [-0.15, -0.1) is 0 Å². The first-order chi connectivity index (χ1) is 8.33. The Kier molecular flexibility index (Phi) is 3.72. The molecule has 5 nitrogen and oxygen atoms in total. The van der Waals surface area contributed by atoms with E-state index >= 15 is 0 Å². The minimum absolute atomic E-state index is 0.0685. The van der Waals surface area contributed by atoms with Crippen molar-refractivity contribution >= 4 is 0 Å². The van der Waals surface area contributed by atoms with Gasteiger partial charge in [0, 0.05) is 18.3 Å². The zero-order valence-corrected chi connectivity index (χ0v) is 9.71. The number of hydrogen-bond donors (Lipinski definition) is 1. The standard InChI is InChI=1S/C12H15N3O2/c1-2-5-15-8-11(6-14-15)17-12-7-13-4-3-10(12)9-16/h3-4,6-8,16H,2,5,9H2,1H3. The third-order valence-electron chi connectivity index (χ3n) is 2.33. The number of aliphatic hydroxyl groups excluding tert-OH is 1. The van der Waals surface area contributed by atoms with Gasteiger partial charge in [-0.05, 0) is 12.5 Å². The first-order valence-electron chi connectivity index (χ1n) is 5.57. The van der Waals surface area contributed by atoms with Crippen LogP contribution in [0.15, 0.2) is 30.9 Å². The topological polar surface area (TPSA) is 60.2 Å². The highest BCUT2D eigenvalue weighted by Crippen LogP contribution is 2.23. The number of aromatic nitrogens is 3. The molecule has 0 atom stereocenters. The monoisotopic (exact) mass is 233 g/mol. The van der Waals surface area contributed by atoms with E-state index in [1.165, 1.54) is 0 Å². The lowest BCUT2D eigenvalue weighted by Gasteiger charge is -2.06. The van der Waals surface area contributed by atoms with Gasteiger partial charge in [-0.25, -0.2) is 0 Å². The first kappa shape index (κ1) is 11.6. The van der Waals surface area contributed by atoms with Crippen molar-refractivity contribution in [1.82, 2.24) is 14.8 Å². The van der Waals surface area contributed by atoms with E-state index < -0.39 is 0 Å². The first-order valence-corrected chi connectivity index (χ1v) is 5.57. The number of nitrogens with zero attached hydrogens (tertiary/aromatic N) is 3. The molecular weight excluding hydrogens is 218 g/mol. The Morgan fingerprint density at radius 3 is 3.06 bits per heavy atom. The number of ether oxygens (including phenoxy) is 1. The number of aliphatic hydroxyl groups is 1. The second-order valence-electron chi connectivity index (χ2n) is 3.68. The zero-order valence-electron chi connectivity index (χ0n) is 9.71. The van der Waals surface area contributed by atoms with Gasteiger partial charge in [-0.2, -0.15) is 5.10 Å². The minimum Gasteiger partial charge on any atom is -0.452 e. The van der Waals surface area contributed by atoms with Gasteiger partial charge >= 0.3 is 0 Å². The lowest BCUT2D eigenvalue weighted by Crippen LogP contribution is -1.95. The molecule has 0 aromatic carbocycles. The van der Waals surface area contributed by atoms with Crippen molar-refractivity contribution < 1.29 is 9.84 Å². The van der Waals surface area contributed by atoms with Crippen LogP contribution in [-0.4, -0.2) is 19.9 Å². The molecule has 0 unspecified atom stereocenters. The Bertz CT molecular complexity index is 482. The summed E-state index contributed by atoms with van der Waals surface area (Å²) < 4.78 is 7.45. The Morgan fingerprint density at radius 2 is 2.29 bits per heavy atom. The SMILES string of the molecule is CCCn1cc(Oc2cnccc2CO)cn1. The van der Waals surface area contributed by atoms with Crippen LogP contribution in [0.1, 0.15) is 18.9 Å². The normalized spacial score (nSPS) is 10.5. The van der Waals surface area contributed by atoms with Crippen molar-refractivity contribution in [2.75, 3.05) is 0 Å². The Balaban J connectivity index is 2.13. The van der Waals surface area contributed by atoms with E-state index in [0.29, 0.717) is 17.1 Å². The van der Waals surface area contributed by atoms with Crippen LogP contribution in [0.2, 0.25) is 0 Å². The molecule has 2 aromatic rings. The lowest BCUT2D eigenvalue weighted by molar-refractivity contribution is 0.276. The summed E-state index contributed by atoms with van der Waals surface area (Å²) in [6.45, 7) is 2.89. The van der Waals surface area contributed by atoms with E-state index in [4.69, 9.17) is 9.84 Å². The fraction of sp³-hybridized carbons (Fsp3) is 0.333. The largest absolute Gasteiger partial charge is 0.452 e. The molecule has 0 aliphatic heterocycles. The van der Waals surface area contributed by atoms with Crippen LogP contribution in [0.3, 0.4) is 0 Å². The van der Waals surface area contributed by atoms with Gasteiger partial charge in [0.05, 0.1) is 25.2 Å². The molecule has 0 radical (unpaired) electrons. The molecule has 0 aliphatic rings. The third kappa shape index (κ3) is 2.82. The molecule has 17 heavy (non-hydrogen) atoms. The predicted molar refractivity (Wildman–Crippen MR) is 62.8 cm³/mol. The molecule has 0 spiro atoms. The van der Waals surface area contributed by atoms with Gasteiger partial charge in [0.1, 0.15) is 0 Å². The second kappa shape index (κ2) is 5.45. The highest BCUT2D eigenvalue weighted by Gasteiger charge is 2.05. The summed E-state index contributed by atoms with van der Waals surface area (Å²) in [5, 5.41) is 13.3. The highest BCUT2D eigenvalue weighted by atomic mass is 16.5. The molecule has 0 fully saturated rings. The second-order valence-corrected chi connectivity index (χ2v) is 3.68. The van der Waals surface area contributed by atoms with Crippen molar-refractivity contribution in [2.24, 2.45) is 0 Å². The van der Waals surface area contributed by atoms with E-state index in [1.54, 1.807) is 24.7 Å². The maximum Gasteiger partial charge on any atom is 0.165 e. The van der Waals surface area contributed by atoms with Gasteiger partial charge in [0.25, 0.3) is 0 Å². The van der Waals surface area contributed by atoms with Crippen molar-refractivity contribution in [1.29, 1.82) is 0 Å². The van der Waals surface area contributed by atoms with Crippen LogP contribution in [-0.2, 0) is 13.2 Å². The number of pyridine rings is 1. The van der Waals surface area contributed by atoms with E-state index in [9.17, 15) is 0 Å². The molecular formula is C12H15N3O2. The van der Waals surface area contributed by atoms with Crippen LogP contribution in [0.4, 0.5) is 0 Å². The molecule has 2 rings (SSSR count). The van der Waals surface area contributed by atoms with Gasteiger partial charge in [0.2, 0.25) is 0 Å². The Morgan fingerprint density at radius 1 is 1.41 bits per heavy atom. The van der Waals surface area contributed by atoms with Crippen LogP contribution in [0, 0.1) is 0 Å². The van der Waals surface area contributed by atoms with Crippen molar-refractivity contribution in [2.45, 2.75) is 26.5 Å². The van der Waals surface area contributed by atoms with Crippen LogP contribution in [0.5, 0.6) is 11.5 Å². The fourth-order valence-corrected chi connectivity index (χ4v) is 1.51. The summed E-state index contributed by atoms with van der Waals surface area (Å²) >= 11 is 0. The molecule has 0 aliphatic carbocycles. The molecule has 5 heteroatoms. The van der Waals surface area contributed by atoms with E-state index in [2.05, 4.69) is 17.0 Å². The van der Waals surface area contributed by atoms with Crippen molar-refractivity contribution in [3.63, 3.8) is 0 Å². The van der Waals surface area contributed by atoms with E-state index in [-0.39, 0.29) is 6.61 Å². The summed E-state index contributed by atoms with van der Waals surface area (Å²) in [6.07, 6.45) is 7.72. The van der Waals surface area contributed by atoms with Gasteiger partial charge < -0.3 is 9.84 Å². The summed E-state index contributed by atoms with van der Waals surface area (Å²) in [5.74, 6) is 1.21. The highest BCUT2D eigenvalue weighted by molar-refractivity contribution is 5.33. The molecule has 2 heterocycles. The van der Waals surface area contributed by atoms with Crippen LogP contribution >= 0.6 is 0 Å². The number of aryl methyl sites for hydroxylation is 1. The Hall–Kier alpha value is -1.88. The summed E-state index contributed by atoms with van der Waals surface area (Å²) in [7, 11) is 0. The molecule has 2 aromatic heterocycles. The average Bonchev–Trinajstić information content (AvgIpc) is 2.78. The molecule has 0 amide bonds. The Labute approximate surface area is 99.7 Å². The maximum absolute atomic E-state index is 9.16. The average molecular weight is 233 g/mol. The number of hydrogen-bond acceptors (Lipinski definition) is 4. The van der Waals surface area contributed by atoms with Crippen molar-refractivity contribution in [3.8, 4) is 11.5 Å². The molecule has 0 bridgehead atoms. The zero-order chi connectivity index (χ0) is 12.1. The van der Waals surface area contributed by atoms with Crippen LogP contribution < -0.4 is 4.74 Å².